The number of carbonyl (C=O) groups excluding carboxylic acids is 3. The van der Waals surface area contributed by atoms with Crippen LogP contribution in [0.4, 0.5) is 4.79 Å². The van der Waals surface area contributed by atoms with Crippen LogP contribution in [0.3, 0.4) is 0 Å². The van der Waals surface area contributed by atoms with E-state index in [1.807, 2.05) is 5.32 Å². The monoisotopic (exact) mass is 276 g/mol. The zero-order chi connectivity index (χ0) is 14.7. The number of rotatable bonds is 3. The van der Waals surface area contributed by atoms with Crippen LogP contribution < -0.4 is 15.8 Å². The number of aryl methyl sites for hydroxylation is 1. The number of Topliss-reactive ketones (excluding diaryl/α,β-unsaturated/α-hetero) is 1. The molecular weight excluding hydrogens is 260 g/mol. The molecule has 3 N–H and O–H groups in total. The molecule has 0 saturated heterocycles. The number of carbonyl (C=O) groups is 3. The molecule has 0 bridgehead atoms. The van der Waals surface area contributed by atoms with Crippen molar-refractivity contribution in [3.8, 4) is 5.75 Å². The summed E-state index contributed by atoms with van der Waals surface area (Å²) in [5, 5.41) is 1.95. The fourth-order valence-corrected chi connectivity index (χ4v) is 2.18. The third-order valence-electron chi connectivity index (χ3n) is 3.16. The van der Waals surface area contributed by atoms with Crippen molar-refractivity contribution >= 4 is 17.7 Å². The number of imide groups is 1. The summed E-state index contributed by atoms with van der Waals surface area (Å²) in [6.45, 7) is 1.52. The molecule has 106 valence electrons. The quantitative estimate of drug-likeness (QED) is 0.865. The van der Waals surface area contributed by atoms with E-state index in [0.717, 1.165) is 24.0 Å². The van der Waals surface area contributed by atoms with Crippen LogP contribution in [0.15, 0.2) is 18.2 Å². The summed E-state index contributed by atoms with van der Waals surface area (Å²) >= 11 is 0. The van der Waals surface area contributed by atoms with Gasteiger partial charge in [-0.25, -0.2) is 4.79 Å². The van der Waals surface area contributed by atoms with Crippen LogP contribution in [0.1, 0.15) is 35.7 Å². The Morgan fingerprint density at radius 2 is 2.10 bits per heavy atom. The Morgan fingerprint density at radius 1 is 1.35 bits per heavy atom. The van der Waals surface area contributed by atoms with Gasteiger partial charge in [0.05, 0.1) is 0 Å². The number of amides is 3. The summed E-state index contributed by atoms with van der Waals surface area (Å²) in [5.41, 5.74) is 6.52. The van der Waals surface area contributed by atoms with Gasteiger partial charge in [-0.1, -0.05) is 0 Å². The average molecular weight is 276 g/mol. The van der Waals surface area contributed by atoms with Crippen molar-refractivity contribution in [3.63, 3.8) is 0 Å². The number of nitrogens with one attached hydrogen (secondary N) is 1. The highest BCUT2D eigenvalue weighted by atomic mass is 16.5. The number of benzene rings is 1. The molecule has 20 heavy (non-hydrogen) atoms. The second-order valence-electron chi connectivity index (χ2n) is 4.71. The molecule has 0 fully saturated rings. The first-order valence-electron chi connectivity index (χ1n) is 6.40. The lowest BCUT2D eigenvalue weighted by atomic mass is 9.90. The zero-order valence-corrected chi connectivity index (χ0v) is 11.1. The summed E-state index contributed by atoms with van der Waals surface area (Å²) < 4.78 is 5.45. The lowest BCUT2D eigenvalue weighted by molar-refractivity contribution is -0.126. The maximum Gasteiger partial charge on any atom is 0.318 e. The molecule has 0 aromatic heterocycles. The minimum Gasteiger partial charge on any atom is -0.481 e. The lowest BCUT2D eigenvalue weighted by Gasteiger charge is -2.18. The van der Waals surface area contributed by atoms with E-state index in [2.05, 4.69) is 0 Å². The minimum atomic E-state index is -0.915. The predicted octanol–water partition coefficient (Wildman–Crippen LogP) is 1.17. The minimum absolute atomic E-state index is 0.136. The summed E-state index contributed by atoms with van der Waals surface area (Å²) in [7, 11) is 0. The molecule has 1 aromatic rings. The molecule has 1 aromatic carbocycles. The molecule has 2 rings (SSSR count). The molecule has 0 saturated carbocycles. The standard InChI is InChI=1S/C14H16N2O4/c1-8(13(18)16-14(15)19)20-10-5-6-11-9(7-10)3-2-4-12(11)17/h5-8H,2-4H2,1H3,(H3,15,16,18,19)/t8-/m0/s1. The first-order valence-corrected chi connectivity index (χ1v) is 6.40. The number of primary amides is 1. The molecule has 1 aliphatic carbocycles. The summed E-state index contributed by atoms with van der Waals surface area (Å²) in [5.74, 6) is 0.0224. The van der Waals surface area contributed by atoms with Gasteiger partial charge in [0.1, 0.15) is 5.75 Å². The molecule has 0 aliphatic heterocycles. The Balaban J connectivity index is 2.09. The third-order valence-corrected chi connectivity index (χ3v) is 3.16. The van der Waals surface area contributed by atoms with Crippen molar-refractivity contribution in [1.82, 2.24) is 5.32 Å². The smallest absolute Gasteiger partial charge is 0.318 e. The molecule has 6 heteroatoms. The number of fused-ring (bicyclic) bond motifs is 1. The largest absolute Gasteiger partial charge is 0.481 e. The Hall–Kier alpha value is -2.37. The molecule has 6 nitrogen and oxygen atoms in total. The van der Waals surface area contributed by atoms with E-state index in [4.69, 9.17) is 10.5 Å². The maximum absolute atomic E-state index is 11.7. The number of nitrogens with two attached hydrogens (primary N) is 1. The highest BCUT2D eigenvalue weighted by molar-refractivity contribution is 5.98. The van der Waals surface area contributed by atoms with Gasteiger partial charge in [-0.05, 0) is 43.5 Å². The van der Waals surface area contributed by atoms with Crippen molar-refractivity contribution in [2.45, 2.75) is 32.3 Å². The molecule has 0 radical (unpaired) electrons. The second-order valence-corrected chi connectivity index (χ2v) is 4.71. The van der Waals surface area contributed by atoms with Gasteiger partial charge in [-0.3, -0.25) is 14.9 Å². The van der Waals surface area contributed by atoms with E-state index in [1.165, 1.54) is 6.92 Å². The van der Waals surface area contributed by atoms with Crippen molar-refractivity contribution in [2.24, 2.45) is 5.73 Å². The van der Waals surface area contributed by atoms with Crippen molar-refractivity contribution in [1.29, 1.82) is 0 Å². The molecular formula is C14H16N2O4. The van der Waals surface area contributed by atoms with Gasteiger partial charge in [0.15, 0.2) is 11.9 Å². The fraction of sp³-hybridized carbons (Fsp3) is 0.357. The van der Waals surface area contributed by atoms with Crippen molar-refractivity contribution in [2.75, 3.05) is 0 Å². The molecule has 0 unspecified atom stereocenters. The molecule has 0 spiro atoms. The van der Waals surface area contributed by atoms with Crippen LogP contribution in [0.25, 0.3) is 0 Å². The van der Waals surface area contributed by atoms with Crippen LogP contribution in [0.2, 0.25) is 0 Å². The molecule has 1 atom stereocenters. The number of hydrogen-bond donors (Lipinski definition) is 2. The average Bonchev–Trinajstić information content (AvgIpc) is 2.38. The SMILES string of the molecule is C[C@H](Oc1ccc2c(c1)CCCC2=O)C(=O)NC(N)=O. The van der Waals surface area contributed by atoms with Gasteiger partial charge in [0.25, 0.3) is 5.91 Å². The van der Waals surface area contributed by atoms with Crippen LogP contribution in [0, 0.1) is 0 Å². The van der Waals surface area contributed by atoms with Gasteiger partial charge >= 0.3 is 6.03 Å². The highest BCUT2D eigenvalue weighted by Gasteiger charge is 2.20. The Bertz CT molecular complexity index is 568. The van der Waals surface area contributed by atoms with E-state index in [9.17, 15) is 14.4 Å². The Kier molecular flexibility index (Phi) is 4.02. The highest BCUT2D eigenvalue weighted by Crippen LogP contribution is 2.25. The van der Waals surface area contributed by atoms with Gasteiger partial charge in [0.2, 0.25) is 0 Å². The summed E-state index contributed by atoms with van der Waals surface area (Å²) in [6.07, 6.45) is 1.37. The topological polar surface area (TPSA) is 98.5 Å². The van der Waals surface area contributed by atoms with E-state index in [0.29, 0.717) is 12.2 Å². The third kappa shape index (κ3) is 3.14. The number of ether oxygens (including phenoxy) is 1. The number of hydrogen-bond acceptors (Lipinski definition) is 4. The first-order chi connectivity index (χ1) is 9.47. The second kappa shape index (κ2) is 5.73. The van der Waals surface area contributed by atoms with Crippen molar-refractivity contribution < 1.29 is 19.1 Å². The number of ketones is 1. The van der Waals surface area contributed by atoms with Gasteiger partial charge in [-0.15, -0.1) is 0 Å². The first kappa shape index (κ1) is 14.0. The van der Waals surface area contributed by atoms with Crippen LogP contribution in [-0.2, 0) is 11.2 Å². The van der Waals surface area contributed by atoms with Crippen LogP contribution >= 0.6 is 0 Å². The zero-order valence-electron chi connectivity index (χ0n) is 11.1. The van der Waals surface area contributed by atoms with E-state index in [-0.39, 0.29) is 5.78 Å². The van der Waals surface area contributed by atoms with E-state index in [1.54, 1.807) is 18.2 Å². The summed E-state index contributed by atoms with van der Waals surface area (Å²) in [6, 6.07) is 4.21. The number of urea groups is 1. The molecule has 0 heterocycles. The normalized spacial score (nSPS) is 15.2. The van der Waals surface area contributed by atoms with Crippen molar-refractivity contribution in [3.05, 3.63) is 29.3 Å². The Labute approximate surface area is 116 Å². The molecule has 3 amide bonds. The van der Waals surface area contributed by atoms with E-state index >= 15 is 0 Å². The van der Waals surface area contributed by atoms with E-state index < -0.39 is 18.0 Å². The Morgan fingerprint density at radius 3 is 2.80 bits per heavy atom. The van der Waals surface area contributed by atoms with Crippen LogP contribution in [0.5, 0.6) is 5.75 Å². The lowest BCUT2D eigenvalue weighted by Crippen LogP contribution is -2.42. The van der Waals surface area contributed by atoms with Gasteiger partial charge in [0, 0.05) is 12.0 Å². The van der Waals surface area contributed by atoms with Gasteiger partial charge < -0.3 is 10.5 Å². The van der Waals surface area contributed by atoms with Crippen LogP contribution in [-0.4, -0.2) is 23.8 Å². The van der Waals surface area contributed by atoms with Gasteiger partial charge in [-0.2, -0.15) is 0 Å². The fourth-order valence-electron chi connectivity index (χ4n) is 2.18. The predicted molar refractivity (Wildman–Crippen MR) is 71.5 cm³/mol. The summed E-state index contributed by atoms with van der Waals surface area (Å²) in [4.78, 5) is 33.8. The molecule has 1 aliphatic rings. The maximum atomic E-state index is 11.7.